The Labute approximate surface area is 127 Å². The third-order valence-corrected chi connectivity index (χ3v) is 4.12. The summed E-state index contributed by atoms with van der Waals surface area (Å²) < 4.78 is 6.27. The van der Waals surface area contributed by atoms with E-state index in [4.69, 9.17) is 4.74 Å². The van der Waals surface area contributed by atoms with Crippen molar-refractivity contribution in [3.8, 4) is 0 Å². The first-order chi connectivity index (χ1) is 9.69. The van der Waals surface area contributed by atoms with Gasteiger partial charge in [0, 0.05) is 24.1 Å². The summed E-state index contributed by atoms with van der Waals surface area (Å²) in [4.78, 5) is 11.9. The Bertz CT molecular complexity index is 429. The van der Waals surface area contributed by atoms with Crippen molar-refractivity contribution in [2.45, 2.75) is 25.3 Å². The lowest BCUT2D eigenvalue weighted by Crippen LogP contribution is -2.30. The molecule has 1 saturated heterocycles. The minimum Gasteiger partial charge on any atom is -0.394 e. The van der Waals surface area contributed by atoms with Gasteiger partial charge >= 0.3 is 0 Å². The molecule has 2 atom stereocenters. The number of nitrogens with one attached hydrogen (secondary N) is 1. The van der Waals surface area contributed by atoms with Crippen molar-refractivity contribution in [2.24, 2.45) is 5.92 Å². The Morgan fingerprint density at radius 1 is 1.45 bits per heavy atom. The van der Waals surface area contributed by atoms with Gasteiger partial charge in [-0.15, -0.1) is 0 Å². The highest BCUT2D eigenvalue weighted by Crippen LogP contribution is 2.19. The number of hydrogen-bond acceptors (Lipinski definition) is 3. The lowest BCUT2D eigenvalue weighted by Gasteiger charge is -2.17. The molecule has 1 heterocycles. The predicted octanol–water partition coefficient (Wildman–Crippen LogP) is 2.42. The molecule has 1 aliphatic heterocycles. The maximum Gasteiger partial charge on any atom is 0.220 e. The van der Waals surface area contributed by atoms with Gasteiger partial charge in [-0.1, -0.05) is 28.1 Å². The third-order valence-electron chi connectivity index (χ3n) is 3.59. The summed E-state index contributed by atoms with van der Waals surface area (Å²) in [5.74, 6) is 0.486. The van der Waals surface area contributed by atoms with E-state index in [1.807, 2.05) is 24.3 Å². The van der Waals surface area contributed by atoms with E-state index in [1.165, 1.54) is 0 Å². The molecule has 0 saturated carbocycles. The molecule has 0 bridgehead atoms. The zero-order valence-corrected chi connectivity index (χ0v) is 12.9. The molecule has 1 aliphatic rings. The van der Waals surface area contributed by atoms with Crippen LogP contribution in [0.2, 0.25) is 0 Å². The van der Waals surface area contributed by atoms with Gasteiger partial charge in [0.1, 0.15) is 0 Å². The van der Waals surface area contributed by atoms with Crippen molar-refractivity contribution >= 4 is 21.8 Å². The van der Waals surface area contributed by atoms with Gasteiger partial charge in [0.05, 0.1) is 12.6 Å². The van der Waals surface area contributed by atoms with Gasteiger partial charge in [0.25, 0.3) is 0 Å². The van der Waals surface area contributed by atoms with Crippen LogP contribution in [0.4, 0.5) is 0 Å². The second kappa shape index (κ2) is 7.76. The minimum absolute atomic E-state index is 0.0149. The average molecular weight is 342 g/mol. The fourth-order valence-electron chi connectivity index (χ4n) is 2.34. The number of hydrogen-bond donors (Lipinski definition) is 2. The van der Waals surface area contributed by atoms with Gasteiger partial charge in [-0.3, -0.25) is 4.79 Å². The monoisotopic (exact) mass is 341 g/mol. The third kappa shape index (κ3) is 4.58. The number of carbonyl (C=O) groups excluding carboxylic acids is 1. The normalized spacial score (nSPS) is 19.8. The lowest BCUT2D eigenvalue weighted by molar-refractivity contribution is -0.122. The van der Waals surface area contributed by atoms with E-state index in [9.17, 15) is 9.90 Å². The molecular weight excluding hydrogens is 322 g/mol. The largest absolute Gasteiger partial charge is 0.394 e. The summed E-state index contributed by atoms with van der Waals surface area (Å²) in [5, 5.41) is 12.3. The van der Waals surface area contributed by atoms with Gasteiger partial charge in [0.15, 0.2) is 0 Å². The lowest BCUT2D eigenvalue weighted by atomic mass is 10.0. The molecule has 20 heavy (non-hydrogen) atoms. The van der Waals surface area contributed by atoms with Gasteiger partial charge in [0.2, 0.25) is 5.91 Å². The van der Waals surface area contributed by atoms with E-state index in [-0.39, 0.29) is 18.6 Å². The van der Waals surface area contributed by atoms with Crippen molar-refractivity contribution in [2.75, 3.05) is 19.8 Å². The predicted molar refractivity (Wildman–Crippen MR) is 80.3 cm³/mol. The molecule has 5 heteroatoms. The molecule has 110 valence electrons. The van der Waals surface area contributed by atoms with Gasteiger partial charge < -0.3 is 15.2 Å². The maximum absolute atomic E-state index is 11.9. The van der Waals surface area contributed by atoms with Crippen LogP contribution in [0.5, 0.6) is 0 Å². The first kappa shape index (κ1) is 15.5. The number of ether oxygens (including phenoxy) is 1. The average Bonchev–Trinajstić information content (AvgIpc) is 2.97. The molecule has 0 unspecified atom stereocenters. The van der Waals surface area contributed by atoms with Crippen LogP contribution in [0.15, 0.2) is 28.7 Å². The van der Waals surface area contributed by atoms with Crippen LogP contribution in [0.3, 0.4) is 0 Å². The molecule has 1 amide bonds. The number of benzene rings is 1. The topological polar surface area (TPSA) is 58.6 Å². The summed E-state index contributed by atoms with van der Waals surface area (Å²) in [6, 6.07) is 7.27. The van der Waals surface area contributed by atoms with Crippen LogP contribution >= 0.6 is 15.9 Å². The molecular formula is C15H20BrNO3. The highest BCUT2D eigenvalue weighted by Gasteiger charge is 2.18. The van der Waals surface area contributed by atoms with Crippen molar-refractivity contribution in [1.82, 2.24) is 5.32 Å². The number of rotatable bonds is 6. The Morgan fingerprint density at radius 2 is 2.20 bits per heavy atom. The van der Waals surface area contributed by atoms with Crippen LogP contribution in [0.25, 0.3) is 0 Å². The zero-order valence-electron chi connectivity index (χ0n) is 11.3. The SMILES string of the molecule is O=C(CC[C@@H]1CCOC1)N[C@@H](CO)c1ccc(Br)cc1. The van der Waals surface area contributed by atoms with Crippen LogP contribution in [-0.4, -0.2) is 30.8 Å². The highest BCUT2D eigenvalue weighted by atomic mass is 79.9. The summed E-state index contributed by atoms with van der Waals surface area (Å²) in [7, 11) is 0. The maximum atomic E-state index is 11.9. The molecule has 0 aromatic heterocycles. The van der Waals surface area contributed by atoms with E-state index in [0.717, 1.165) is 36.1 Å². The summed E-state index contributed by atoms with van der Waals surface area (Å²) in [6.45, 7) is 1.48. The van der Waals surface area contributed by atoms with E-state index >= 15 is 0 Å². The molecule has 0 spiro atoms. The van der Waals surface area contributed by atoms with Crippen molar-refractivity contribution in [3.05, 3.63) is 34.3 Å². The van der Waals surface area contributed by atoms with Crippen molar-refractivity contribution in [3.63, 3.8) is 0 Å². The fourth-order valence-corrected chi connectivity index (χ4v) is 2.61. The van der Waals surface area contributed by atoms with Gasteiger partial charge in [-0.25, -0.2) is 0 Å². The molecule has 2 rings (SSSR count). The second-order valence-electron chi connectivity index (χ2n) is 5.12. The van der Waals surface area contributed by atoms with Crippen LogP contribution < -0.4 is 5.32 Å². The zero-order chi connectivity index (χ0) is 14.4. The molecule has 1 aromatic carbocycles. The second-order valence-corrected chi connectivity index (χ2v) is 6.04. The van der Waals surface area contributed by atoms with Crippen molar-refractivity contribution < 1.29 is 14.6 Å². The van der Waals surface area contributed by atoms with E-state index in [2.05, 4.69) is 21.2 Å². The molecule has 2 N–H and O–H groups in total. The Balaban J connectivity index is 1.82. The quantitative estimate of drug-likeness (QED) is 0.835. The molecule has 1 fully saturated rings. The Morgan fingerprint density at radius 3 is 2.80 bits per heavy atom. The highest BCUT2D eigenvalue weighted by molar-refractivity contribution is 9.10. The van der Waals surface area contributed by atoms with E-state index < -0.39 is 0 Å². The van der Waals surface area contributed by atoms with E-state index in [0.29, 0.717) is 12.3 Å². The smallest absolute Gasteiger partial charge is 0.220 e. The van der Waals surface area contributed by atoms with E-state index in [1.54, 1.807) is 0 Å². The van der Waals surface area contributed by atoms with Gasteiger partial charge in [-0.05, 0) is 36.5 Å². The molecule has 0 aliphatic carbocycles. The van der Waals surface area contributed by atoms with Crippen molar-refractivity contribution in [1.29, 1.82) is 0 Å². The van der Waals surface area contributed by atoms with Crippen LogP contribution in [-0.2, 0) is 9.53 Å². The Kier molecular flexibility index (Phi) is 6.01. The van der Waals surface area contributed by atoms with Crippen LogP contribution in [0, 0.1) is 5.92 Å². The number of aliphatic hydroxyl groups excluding tert-OH is 1. The molecule has 0 radical (unpaired) electrons. The number of carbonyl (C=O) groups is 1. The van der Waals surface area contributed by atoms with Gasteiger partial charge in [-0.2, -0.15) is 0 Å². The summed E-state index contributed by atoms with van der Waals surface area (Å²) in [5.41, 5.74) is 0.910. The Hall–Kier alpha value is -0.910. The number of aliphatic hydroxyl groups is 1. The fraction of sp³-hybridized carbons (Fsp3) is 0.533. The minimum atomic E-state index is -0.338. The molecule has 4 nitrogen and oxygen atoms in total. The summed E-state index contributed by atoms with van der Waals surface area (Å²) >= 11 is 3.37. The number of amides is 1. The number of halogens is 1. The van der Waals surface area contributed by atoms with Crippen LogP contribution in [0.1, 0.15) is 30.9 Å². The standard InChI is InChI=1S/C15H20BrNO3/c16-13-4-2-12(3-5-13)14(9-18)17-15(19)6-1-11-7-8-20-10-11/h2-5,11,14,18H,1,6-10H2,(H,17,19)/t11-,14+/m1/s1. The summed E-state index contributed by atoms with van der Waals surface area (Å²) in [6.07, 6.45) is 2.38. The first-order valence-corrected chi connectivity index (χ1v) is 7.71. The first-order valence-electron chi connectivity index (χ1n) is 6.92. The molecule has 1 aromatic rings.